The van der Waals surface area contributed by atoms with Gasteiger partial charge < -0.3 is 15.8 Å². The topological polar surface area (TPSA) is 136 Å². The second-order valence-electron chi connectivity index (χ2n) is 7.04. The minimum Gasteiger partial charge on any atom is -0.368 e. The highest BCUT2D eigenvalue weighted by Crippen LogP contribution is 2.49. The first-order chi connectivity index (χ1) is 14.0. The summed E-state index contributed by atoms with van der Waals surface area (Å²) in [5.74, 6) is 0.843. The lowest BCUT2D eigenvalue weighted by Crippen LogP contribution is -2.17. The molecule has 2 aromatic rings. The van der Waals surface area contributed by atoms with Gasteiger partial charge in [-0.3, -0.25) is 18.1 Å². The zero-order chi connectivity index (χ0) is 20.4. The van der Waals surface area contributed by atoms with Gasteiger partial charge in [-0.25, -0.2) is 9.55 Å². The number of phosphoric acid groups is 1. The average molecular weight is 426 g/mol. The van der Waals surface area contributed by atoms with Gasteiger partial charge >= 0.3 is 7.82 Å². The highest BCUT2D eigenvalue weighted by molar-refractivity contribution is 7.48. The Labute approximate surface area is 168 Å². The maximum atomic E-state index is 12.4. The van der Waals surface area contributed by atoms with Crippen molar-refractivity contribution in [1.82, 2.24) is 19.5 Å². The number of aromatic nitrogens is 4. The third kappa shape index (κ3) is 4.70. The molecule has 0 spiro atoms. The van der Waals surface area contributed by atoms with Crippen LogP contribution in [-0.2, 0) is 22.9 Å². The van der Waals surface area contributed by atoms with Crippen LogP contribution in [-0.4, -0.2) is 51.5 Å². The van der Waals surface area contributed by atoms with Crippen molar-refractivity contribution in [2.75, 3.05) is 30.9 Å². The van der Waals surface area contributed by atoms with Gasteiger partial charge in [0.2, 0.25) is 5.95 Å². The lowest BCUT2D eigenvalue weighted by Gasteiger charge is -2.19. The molecule has 12 heteroatoms. The Kier molecular flexibility index (Phi) is 6.03. The Morgan fingerprint density at radius 2 is 1.97 bits per heavy atom. The number of hydrogen-bond acceptors (Lipinski definition) is 10. The first-order valence-electron chi connectivity index (χ1n) is 9.97. The average Bonchev–Trinajstić information content (AvgIpc) is 3.20. The molecule has 3 N–H and O–H groups in total. The van der Waals surface area contributed by atoms with Crippen molar-refractivity contribution in [1.29, 1.82) is 0 Å². The standard InChI is InChI=1S/C17H27N6O5P/c1-3-25-29(24,26-4-2)27-9-12-7-8-13(28-12)23-10-19-14-15(20-11-5-6-11)21-17(18)22-16(14)23/h10-13H,3-9H2,1-2H3,(H3,18,20,21,22)/t12-,13+/m1/s1. The van der Waals surface area contributed by atoms with Crippen LogP contribution in [0, 0.1) is 0 Å². The predicted octanol–water partition coefficient (Wildman–Crippen LogP) is 2.86. The van der Waals surface area contributed by atoms with Crippen molar-refractivity contribution in [3.8, 4) is 0 Å². The summed E-state index contributed by atoms with van der Waals surface area (Å²) in [6, 6.07) is 0.424. The number of nitrogens with one attached hydrogen (secondary N) is 1. The molecule has 4 rings (SSSR count). The maximum absolute atomic E-state index is 12.4. The molecule has 0 radical (unpaired) electrons. The number of fused-ring (bicyclic) bond motifs is 1. The fourth-order valence-electron chi connectivity index (χ4n) is 3.28. The molecule has 0 aromatic carbocycles. The van der Waals surface area contributed by atoms with Crippen molar-refractivity contribution in [2.24, 2.45) is 0 Å². The Morgan fingerprint density at radius 1 is 1.21 bits per heavy atom. The number of imidazole rings is 1. The van der Waals surface area contributed by atoms with E-state index in [4.69, 9.17) is 24.0 Å². The molecule has 2 fully saturated rings. The molecule has 1 saturated carbocycles. The van der Waals surface area contributed by atoms with Crippen LogP contribution in [0.3, 0.4) is 0 Å². The second-order valence-corrected chi connectivity index (χ2v) is 8.71. The van der Waals surface area contributed by atoms with Crippen molar-refractivity contribution in [2.45, 2.75) is 57.9 Å². The van der Waals surface area contributed by atoms with E-state index < -0.39 is 7.82 Å². The van der Waals surface area contributed by atoms with Gasteiger partial charge in [-0.1, -0.05) is 0 Å². The Balaban J connectivity index is 1.44. The molecule has 1 saturated heterocycles. The first-order valence-corrected chi connectivity index (χ1v) is 11.4. The summed E-state index contributed by atoms with van der Waals surface area (Å²) in [5, 5.41) is 3.35. The lowest BCUT2D eigenvalue weighted by molar-refractivity contribution is -0.0239. The largest absolute Gasteiger partial charge is 0.474 e. The number of nitrogens with two attached hydrogens (primary N) is 1. The van der Waals surface area contributed by atoms with Crippen molar-refractivity contribution in [3.63, 3.8) is 0 Å². The smallest absolute Gasteiger partial charge is 0.368 e. The Hall–Kier alpha value is -1.78. The summed E-state index contributed by atoms with van der Waals surface area (Å²) in [4.78, 5) is 13.1. The highest BCUT2D eigenvalue weighted by Gasteiger charge is 2.33. The van der Waals surface area contributed by atoms with Gasteiger partial charge in [0.1, 0.15) is 6.23 Å². The van der Waals surface area contributed by atoms with Gasteiger partial charge in [-0.2, -0.15) is 9.97 Å². The summed E-state index contributed by atoms with van der Waals surface area (Å²) >= 11 is 0. The zero-order valence-corrected chi connectivity index (χ0v) is 17.5. The second kappa shape index (κ2) is 8.53. The predicted molar refractivity (Wildman–Crippen MR) is 106 cm³/mol. The third-order valence-electron chi connectivity index (χ3n) is 4.75. The minimum absolute atomic E-state index is 0.117. The molecule has 2 aromatic heterocycles. The molecule has 11 nitrogen and oxygen atoms in total. The Morgan fingerprint density at radius 3 is 2.66 bits per heavy atom. The van der Waals surface area contributed by atoms with Crippen LogP contribution < -0.4 is 11.1 Å². The van der Waals surface area contributed by atoms with E-state index >= 15 is 0 Å². The number of hydrogen-bond donors (Lipinski definition) is 2. The van der Waals surface area contributed by atoms with Crippen molar-refractivity contribution >= 4 is 30.8 Å². The van der Waals surface area contributed by atoms with E-state index in [0.717, 1.165) is 25.7 Å². The first kappa shape index (κ1) is 20.5. The summed E-state index contributed by atoms with van der Waals surface area (Å²) in [5.41, 5.74) is 7.20. The molecule has 1 aliphatic carbocycles. The molecular formula is C17H27N6O5P. The van der Waals surface area contributed by atoms with Crippen molar-refractivity contribution in [3.05, 3.63) is 6.33 Å². The lowest BCUT2D eigenvalue weighted by atomic mass is 10.2. The van der Waals surface area contributed by atoms with Gasteiger partial charge in [0.15, 0.2) is 17.0 Å². The molecule has 160 valence electrons. The fourth-order valence-corrected chi connectivity index (χ4v) is 4.49. The molecule has 0 amide bonds. The monoisotopic (exact) mass is 426 g/mol. The van der Waals surface area contributed by atoms with Crippen LogP contribution in [0.1, 0.15) is 45.8 Å². The van der Waals surface area contributed by atoms with E-state index in [0.29, 0.717) is 23.0 Å². The van der Waals surface area contributed by atoms with E-state index in [9.17, 15) is 4.57 Å². The quantitative estimate of drug-likeness (QED) is 0.546. The van der Waals surface area contributed by atoms with Crippen LogP contribution in [0.2, 0.25) is 0 Å². The molecule has 0 bridgehead atoms. The van der Waals surface area contributed by atoms with Crippen LogP contribution in [0.25, 0.3) is 11.2 Å². The van der Waals surface area contributed by atoms with Gasteiger partial charge in [0.25, 0.3) is 0 Å². The molecule has 2 atom stereocenters. The summed E-state index contributed by atoms with van der Waals surface area (Å²) in [6.07, 6.45) is 4.89. The molecule has 29 heavy (non-hydrogen) atoms. The van der Waals surface area contributed by atoms with Crippen LogP contribution in [0.5, 0.6) is 0 Å². The van der Waals surface area contributed by atoms with Gasteiger partial charge in [0, 0.05) is 6.04 Å². The zero-order valence-electron chi connectivity index (χ0n) is 16.6. The number of phosphoric ester groups is 1. The summed E-state index contributed by atoms with van der Waals surface area (Å²) in [7, 11) is -3.56. The molecule has 0 unspecified atom stereocenters. The van der Waals surface area contributed by atoms with E-state index in [-0.39, 0.29) is 38.1 Å². The van der Waals surface area contributed by atoms with Gasteiger partial charge in [-0.05, 0) is 39.5 Å². The van der Waals surface area contributed by atoms with E-state index in [1.165, 1.54) is 0 Å². The number of rotatable bonds is 10. The van der Waals surface area contributed by atoms with Crippen LogP contribution >= 0.6 is 7.82 Å². The van der Waals surface area contributed by atoms with Crippen LogP contribution in [0.15, 0.2) is 6.33 Å². The highest BCUT2D eigenvalue weighted by atomic mass is 31.2. The number of ether oxygens (including phenoxy) is 1. The third-order valence-corrected chi connectivity index (χ3v) is 6.36. The molecule has 3 heterocycles. The number of nitrogens with zero attached hydrogens (tertiary/aromatic N) is 4. The molecule has 2 aliphatic rings. The molecular weight excluding hydrogens is 399 g/mol. The number of anilines is 2. The van der Waals surface area contributed by atoms with Gasteiger partial charge in [-0.15, -0.1) is 0 Å². The van der Waals surface area contributed by atoms with E-state index in [1.807, 2.05) is 4.57 Å². The number of nitrogen functional groups attached to an aromatic ring is 1. The van der Waals surface area contributed by atoms with Crippen LogP contribution in [0.4, 0.5) is 11.8 Å². The maximum Gasteiger partial charge on any atom is 0.474 e. The SMILES string of the molecule is CCOP(=O)(OCC)OC[C@H]1CC[C@@H](n2cnc3c(NC4CC4)nc(N)nc32)O1. The summed E-state index contributed by atoms with van der Waals surface area (Å²) in [6.45, 7) is 4.07. The Bertz CT molecular complexity index is 894. The van der Waals surface area contributed by atoms with Gasteiger partial charge in [0.05, 0.1) is 32.3 Å². The minimum atomic E-state index is -3.56. The van der Waals surface area contributed by atoms with E-state index in [1.54, 1.807) is 20.2 Å². The van der Waals surface area contributed by atoms with Crippen molar-refractivity contribution < 1.29 is 22.9 Å². The summed E-state index contributed by atoms with van der Waals surface area (Å²) < 4.78 is 36.1. The fraction of sp³-hybridized carbons (Fsp3) is 0.706. The normalized spacial score (nSPS) is 22.4. The van der Waals surface area contributed by atoms with E-state index in [2.05, 4.69) is 20.3 Å². The molecule has 1 aliphatic heterocycles.